The Morgan fingerprint density at radius 3 is 2.33 bits per heavy atom. The van der Waals surface area contributed by atoms with E-state index in [1.807, 2.05) is 6.92 Å². The molecule has 24 heavy (non-hydrogen) atoms. The van der Waals surface area contributed by atoms with Gasteiger partial charge in [-0.05, 0) is 26.2 Å². The first-order valence-corrected chi connectivity index (χ1v) is 8.91. The number of hydrogen-bond acceptors (Lipinski definition) is 5. The summed E-state index contributed by atoms with van der Waals surface area (Å²) >= 11 is 0. The Kier molecular flexibility index (Phi) is 17.0. The third-order valence-electron chi connectivity index (χ3n) is 3.32. The van der Waals surface area contributed by atoms with E-state index in [0.717, 1.165) is 51.2 Å². The van der Waals surface area contributed by atoms with Crippen molar-refractivity contribution in [3.8, 4) is 0 Å². The van der Waals surface area contributed by atoms with Gasteiger partial charge in [-0.25, -0.2) is 0 Å². The fraction of sp³-hybridized carbons (Fsp3) is 0.882. The van der Waals surface area contributed by atoms with Gasteiger partial charge in [0.2, 0.25) is 0 Å². The number of esters is 1. The summed E-state index contributed by atoms with van der Waals surface area (Å²) < 4.78 is 15.2. The highest BCUT2D eigenvalue weighted by molar-refractivity contribution is 5.79. The van der Waals surface area contributed by atoms with Crippen LogP contribution >= 0.6 is 0 Å². The molecule has 0 rings (SSSR count). The van der Waals surface area contributed by atoms with Gasteiger partial charge in [-0.15, -0.1) is 0 Å². The fourth-order valence-electron chi connectivity index (χ4n) is 2.03. The lowest BCUT2D eigenvalue weighted by molar-refractivity contribution is -0.143. The van der Waals surface area contributed by atoms with Gasteiger partial charge in [0.25, 0.3) is 0 Å². The third-order valence-corrected chi connectivity index (χ3v) is 3.32. The highest BCUT2D eigenvalue weighted by Crippen LogP contribution is 2.03. The molecule has 0 saturated carbocycles. The standard InChI is InChI=1S/C17H35N3O4/c1-4-24-16(21)10-7-5-6-8-11-19-17(18-2)20-12-9-13-23-15-14-22-3/h4-15H2,1-3H3,(H2,18,19,20). The minimum atomic E-state index is -0.0913. The molecule has 2 N–H and O–H groups in total. The van der Waals surface area contributed by atoms with Crippen LogP contribution in [-0.4, -0.2) is 65.6 Å². The van der Waals surface area contributed by atoms with Gasteiger partial charge in [0.1, 0.15) is 0 Å². The van der Waals surface area contributed by atoms with Crippen molar-refractivity contribution < 1.29 is 19.0 Å². The summed E-state index contributed by atoms with van der Waals surface area (Å²) in [5.74, 6) is 0.727. The van der Waals surface area contributed by atoms with Crippen molar-refractivity contribution in [1.29, 1.82) is 0 Å². The molecule has 0 fully saturated rings. The molecule has 142 valence electrons. The van der Waals surface area contributed by atoms with E-state index in [1.54, 1.807) is 14.2 Å². The Morgan fingerprint density at radius 2 is 1.67 bits per heavy atom. The summed E-state index contributed by atoms with van der Waals surface area (Å²) in [5, 5.41) is 6.54. The van der Waals surface area contributed by atoms with Crippen molar-refractivity contribution in [2.45, 2.75) is 45.4 Å². The van der Waals surface area contributed by atoms with E-state index < -0.39 is 0 Å². The average molecular weight is 345 g/mol. The first kappa shape index (κ1) is 22.7. The second kappa shape index (κ2) is 18.0. The SMILES string of the molecule is CCOC(=O)CCCCCCNC(=NC)NCCCOCCOC. The smallest absolute Gasteiger partial charge is 0.305 e. The highest BCUT2D eigenvalue weighted by Gasteiger charge is 2.01. The zero-order valence-corrected chi connectivity index (χ0v) is 15.6. The Morgan fingerprint density at radius 1 is 0.958 bits per heavy atom. The zero-order chi connectivity index (χ0) is 17.9. The fourth-order valence-corrected chi connectivity index (χ4v) is 2.03. The second-order valence-corrected chi connectivity index (χ2v) is 5.35. The van der Waals surface area contributed by atoms with Crippen molar-refractivity contribution in [2.75, 3.05) is 53.7 Å². The molecule has 0 aliphatic carbocycles. The van der Waals surface area contributed by atoms with Crippen LogP contribution in [0.3, 0.4) is 0 Å². The van der Waals surface area contributed by atoms with Crippen LogP contribution in [0.5, 0.6) is 0 Å². The van der Waals surface area contributed by atoms with E-state index >= 15 is 0 Å². The van der Waals surface area contributed by atoms with Crippen LogP contribution in [-0.2, 0) is 19.0 Å². The van der Waals surface area contributed by atoms with Crippen LogP contribution in [0.4, 0.5) is 0 Å². The van der Waals surface area contributed by atoms with Gasteiger partial charge >= 0.3 is 5.97 Å². The predicted molar refractivity (Wildman–Crippen MR) is 96.4 cm³/mol. The first-order chi connectivity index (χ1) is 11.7. The number of carbonyl (C=O) groups is 1. The first-order valence-electron chi connectivity index (χ1n) is 8.91. The molecule has 0 aromatic carbocycles. The number of unbranched alkanes of at least 4 members (excludes halogenated alkanes) is 3. The Hall–Kier alpha value is -1.34. The number of aliphatic imine (C=N–C) groups is 1. The van der Waals surface area contributed by atoms with E-state index in [-0.39, 0.29) is 5.97 Å². The minimum Gasteiger partial charge on any atom is -0.466 e. The molecular weight excluding hydrogens is 310 g/mol. The van der Waals surface area contributed by atoms with Crippen LogP contribution in [0.15, 0.2) is 4.99 Å². The van der Waals surface area contributed by atoms with Crippen LogP contribution < -0.4 is 10.6 Å². The topological polar surface area (TPSA) is 81.2 Å². The third kappa shape index (κ3) is 15.6. The number of nitrogens with one attached hydrogen (secondary N) is 2. The molecule has 0 atom stereocenters. The number of guanidine groups is 1. The number of hydrogen-bond donors (Lipinski definition) is 2. The monoisotopic (exact) mass is 345 g/mol. The number of methoxy groups -OCH3 is 1. The maximum Gasteiger partial charge on any atom is 0.305 e. The summed E-state index contributed by atoms with van der Waals surface area (Å²) in [5.41, 5.74) is 0. The molecule has 0 aromatic heterocycles. The predicted octanol–water partition coefficient (Wildman–Crippen LogP) is 1.72. The zero-order valence-electron chi connectivity index (χ0n) is 15.6. The highest BCUT2D eigenvalue weighted by atomic mass is 16.5. The number of rotatable bonds is 15. The molecule has 0 amide bonds. The summed E-state index contributed by atoms with van der Waals surface area (Å²) in [4.78, 5) is 15.4. The number of ether oxygens (including phenoxy) is 3. The molecule has 7 nitrogen and oxygen atoms in total. The minimum absolute atomic E-state index is 0.0913. The van der Waals surface area contributed by atoms with Crippen LogP contribution in [0.2, 0.25) is 0 Å². The molecule has 0 saturated heterocycles. The Balaban J connectivity index is 3.41. The van der Waals surface area contributed by atoms with Gasteiger partial charge in [-0.3, -0.25) is 9.79 Å². The molecule has 0 radical (unpaired) electrons. The van der Waals surface area contributed by atoms with Crippen molar-refractivity contribution in [2.24, 2.45) is 4.99 Å². The van der Waals surface area contributed by atoms with E-state index in [2.05, 4.69) is 15.6 Å². The molecule has 0 heterocycles. The Bertz CT molecular complexity index is 325. The lowest BCUT2D eigenvalue weighted by atomic mass is 10.1. The summed E-state index contributed by atoms with van der Waals surface area (Å²) in [6.45, 7) is 5.99. The van der Waals surface area contributed by atoms with Crippen molar-refractivity contribution in [3.63, 3.8) is 0 Å². The molecule has 7 heteroatoms. The summed E-state index contributed by atoms with van der Waals surface area (Å²) in [7, 11) is 3.44. The molecule has 0 bridgehead atoms. The lowest BCUT2D eigenvalue weighted by Gasteiger charge is -2.12. The maximum absolute atomic E-state index is 11.2. The van der Waals surface area contributed by atoms with Crippen molar-refractivity contribution in [3.05, 3.63) is 0 Å². The van der Waals surface area contributed by atoms with Gasteiger partial charge in [-0.1, -0.05) is 12.8 Å². The van der Waals surface area contributed by atoms with Gasteiger partial charge < -0.3 is 24.8 Å². The molecule has 0 aliphatic rings. The van der Waals surface area contributed by atoms with Crippen LogP contribution in [0, 0.1) is 0 Å². The number of nitrogens with zero attached hydrogens (tertiary/aromatic N) is 1. The molecular formula is C17H35N3O4. The van der Waals surface area contributed by atoms with Crippen LogP contribution in [0.1, 0.15) is 45.4 Å². The largest absolute Gasteiger partial charge is 0.466 e. The van der Waals surface area contributed by atoms with Gasteiger partial charge in [0.05, 0.1) is 19.8 Å². The van der Waals surface area contributed by atoms with E-state index in [0.29, 0.717) is 32.8 Å². The Labute approximate surface area is 146 Å². The van der Waals surface area contributed by atoms with Crippen molar-refractivity contribution >= 4 is 11.9 Å². The van der Waals surface area contributed by atoms with Crippen LogP contribution in [0.25, 0.3) is 0 Å². The van der Waals surface area contributed by atoms with E-state index in [9.17, 15) is 4.79 Å². The number of carbonyl (C=O) groups excluding carboxylic acids is 1. The van der Waals surface area contributed by atoms with Gasteiger partial charge in [0, 0.05) is 40.3 Å². The molecule has 0 unspecified atom stereocenters. The van der Waals surface area contributed by atoms with E-state index in [4.69, 9.17) is 14.2 Å². The second-order valence-electron chi connectivity index (χ2n) is 5.35. The van der Waals surface area contributed by atoms with Crippen molar-refractivity contribution in [1.82, 2.24) is 10.6 Å². The molecule has 0 aromatic rings. The van der Waals surface area contributed by atoms with Gasteiger partial charge in [0.15, 0.2) is 5.96 Å². The quantitative estimate of drug-likeness (QED) is 0.204. The molecule has 0 aliphatic heterocycles. The molecule has 0 spiro atoms. The summed E-state index contributed by atoms with van der Waals surface area (Å²) in [6, 6.07) is 0. The normalized spacial score (nSPS) is 11.4. The van der Waals surface area contributed by atoms with E-state index in [1.165, 1.54) is 0 Å². The average Bonchev–Trinajstić information content (AvgIpc) is 2.58. The lowest BCUT2D eigenvalue weighted by Crippen LogP contribution is -2.38. The summed E-state index contributed by atoms with van der Waals surface area (Å²) in [6.07, 6.45) is 5.55. The van der Waals surface area contributed by atoms with Gasteiger partial charge in [-0.2, -0.15) is 0 Å². The maximum atomic E-state index is 11.2.